The maximum atomic E-state index is 11.2. The van der Waals surface area contributed by atoms with E-state index in [9.17, 15) is 4.57 Å². The third-order valence-electron chi connectivity index (χ3n) is 2.17. The van der Waals surface area contributed by atoms with E-state index in [1.807, 2.05) is 19.1 Å². The first kappa shape index (κ1) is 12.9. The molecule has 0 saturated heterocycles. The molecule has 0 fully saturated rings. The quantitative estimate of drug-likeness (QED) is 0.734. The molecule has 0 aliphatic heterocycles. The summed E-state index contributed by atoms with van der Waals surface area (Å²) in [6, 6.07) is 5.59. The number of aryl methyl sites for hydroxylation is 1. The van der Waals surface area contributed by atoms with Gasteiger partial charge < -0.3 is 4.52 Å². The van der Waals surface area contributed by atoms with Crippen LogP contribution < -0.4 is 4.52 Å². The van der Waals surface area contributed by atoms with Gasteiger partial charge in [0.2, 0.25) is 0 Å². The molecule has 0 atom stereocenters. The molecule has 1 aromatic carbocycles. The fourth-order valence-electron chi connectivity index (χ4n) is 1.54. The van der Waals surface area contributed by atoms with Crippen LogP contribution in [0.2, 0.25) is 0 Å². The van der Waals surface area contributed by atoms with E-state index in [-0.39, 0.29) is 0 Å². The second-order valence-corrected chi connectivity index (χ2v) is 7.31. The summed E-state index contributed by atoms with van der Waals surface area (Å²) < 4.78 is 16.2. The smallest absolute Gasteiger partial charge is 0.422 e. The molecule has 0 amide bonds. The van der Waals surface area contributed by atoms with E-state index in [2.05, 4.69) is 6.92 Å². The Morgan fingerprint density at radius 2 is 1.93 bits per heavy atom. The number of benzene rings is 1. The number of hydrogen-bond acceptors (Lipinski definition) is 2. The third-order valence-corrected chi connectivity index (χ3v) is 2.99. The molecule has 1 rings (SSSR count). The SMILES string of the molecule is CCc1cccc(OP(=O)(Cl)Cl)c1CC. The van der Waals surface area contributed by atoms with Gasteiger partial charge in [0.15, 0.2) is 0 Å². The van der Waals surface area contributed by atoms with Gasteiger partial charge in [-0.1, -0.05) is 26.0 Å². The largest absolute Gasteiger partial charge is 0.428 e. The molecule has 0 N–H and O–H groups in total. The van der Waals surface area contributed by atoms with Gasteiger partial charge in [0.25, 0.3) is 0 Å². The van der Waals surface area contributed by atoms with Crippen molar-refractivity contribution >= 4 is 28.6 Å². The van der Waals surface area contributed by atoms with Crippen LogP contribution in [0.5, 0.6) is 5.75 Å². The van der Waals surface area contributed by atoms with Crippen LogP contribution in [0.15, 0.2) is 18.2 Å². The van der Waals surface area contributed by atoms with E-state index in [1.54, 1.807) is 6.07 Å². The van der Waals surface area contributed by atoms with Gasteiger partial charge in [0, 0.05) is 22.5 Å². The lowest BCUT2D eigenvalue weighted by atomic mass is 10.0. The van der Waals surface area contributed by atoms with Crippen molar-refractivity contribution in [3.63, 3.8) is 0 Å². The van der Waals surface area contributed by atoms with Gasteiger partial charge in [-0.3, -0.25) is 0 Å². The zero-order valence-electron chi connectivity index (χ0n) is 8.67. The van der Waals surface area contributed by atoms with Gasteiger partial charge in [-0.15, -0.1) is 0 Å². The molecule has 0 spiro atoms. The lowest BCUT2D eigenvalue weighted by Gasteiger charge is -2.13. The molecular weight excluding hydrogens is 254 g/mol. The Hall–Kier alpha value is -0.170. The Labute approximate surface area is 99.6 Å². The van der Waals surface area contributed by atoms with Crippen LogP contribution in [0.4, 0.5) is 0 Å². The van der Waals surface area contributed by atoms with Crippen LogP contribution in [-0.2, 0) is 17.4 Å². The molecule has 84 valence electrons. The van der Waals surface area contributed by atoms with Gasteiger partial charge in [-0.05, 0) is 30.0 Å². The van der Waals surface area contributed by atoms with Crippen LogP contribution in [0.3, 0.4) is 0 Å². The minimum atomic E-state index is -3.51. The van der Waals surface area contributed by atoms with Crippen molar-refractivity contribution in [1.82, 2.24) is 0 Å². The van der Waals surface area contributed by atoms with E-state index >= 15 is 0 Å². The predicted molar refractivity (Wildman–Crippen MR) is 65.1 cm³/mol. The number of hydrogen-bond donors (Lipinski definition) is 0. The molecular formula is C10H13Cl2O2P. The molecule has 15 heavy (non-hydrogen) atoms. The van der Waals surface area contributed by atoms with E-state index < -0.39 is 6.07 Å². The highest BCUT2D eigenvalue weighted by Gasteiger charge is 2.18. The summed E-state index contributed by atoms with van der Waals surface area (Å²) in [5, 5.41) is 0. The molecule has 5 heteroatoms. The van der Waals surface area contributed by atoms with E-state index in [0.29, 0.717) is 5.75 Å². The number of rotatable bonds is 4. The Morgan fingerprint density at radius 1 is 1.27 bits per heavy atom. The topological polar surface area (TPSA) is 26.3 Å². The van der Waals surface area contributed by atoms with Crippen molar-refractivity contribution in [2.24, 2.45) is 0 Å². The summed E-state index contributed by atoms with van der Waals surface area (Å²) in [6.07, 6.45) is -1.82. The van der Waals surface area contributed by atoms with Crippen LogP contribution in [0.25, 0.3) is 0 Å². The minimum absolute atomic E-state index is 0.519. The highest BCUT2D eigenvalue weighted by Crippen LogP contribution is 2.57. The van der Waals surface area contributed by atoms with Crippen molar-refractivity contribution < 1.29 is 9.09 Å². The lowest BCUT2D eigenvalue weighted by Crippen LogP contribution is -1.95. The molecule has 0 aliphatic carbocycles. The summed E-state index contributed by atoms with van der Waals surface area (Å²) in [7, 11) is 0. The molecule has 0 unspecified atom stereocenters. The van der Waals surface area contributed by atoms with E-state index in [1.165, 1.54) is 0 Å². The zero-order chi connectivity index (χ0) is 11.5. The Morgan fingerprint density at radius 3 is 2.40 bits per heavy atom. The third kappa shape index (κ3) is 3.71. The highest BCUT2D eigenvalue weighted by molar-refractivity contribution is 8.05. The first-order chi connectivity index (χ1) is 6.98. The van der Waals surface area contributed by atoms with E-state index in [4.69, 9.17) is 27.0 Å². The average Bonchev–Trinajstić information content (AvgIpc) is 2.15. The minimum Gasteiger partial charge on any atom is -0.422 e. The average molecular weight is 267 g/mol. The fourth-order valence-corrected chi connectivity index (χ4v) is 2.39. The first-order valence-electron chi connectivity index (χ1n) is 4.77. The standard InChI is InChI=1S/C10H13Cl2O2P/c1-3-8-6-5-7-10(9(8)4-2)14-15(11,12)13/h5-7H,3-4H2,1-2H3. The monoisotopic (exact) mass is 266 g/mol. The van der Waals surface area contributed by atoms with Gasteiger partial charge in [0.05, 0.1) is 0 Å². The second-order valence-electron chi connectivity index (χ2n) is 3.11. The van der Waals surface area contributed by atoms with Crippen LogP contribution >= 0.6 is 28.6 Å². The lowest BCUT2D eigenvalue weighted by molar-refractivity contribution is 0.509. The molecule has 0 bridgehead atoms. The molecule has 0 heterocycles. The summed E-state index contributed by atoms with van der Waals surface area (Å²) in [5.74, 6) is 0.519. The van der Waals surface area contributed by atoms with Crippen LogP contribution in [-0.4, -0.2) is 0 Å². The van der Waals surface area contributed by atoms with Gasteiger partial charge in [-0.2, -0.15) is 0 Å². The summed E-state index contributed by atoms with van der Waals surface area (Å²) in [5.41, 5.74) is 2.18. The normalized spacial score (nSPS) is 11.5. The molecule has 0 aromatic heterocycles. The van der Waals surface area contributed by atoms with Crippen molar-refractivity contribution in [3.05, 3.63) is 29.3 Å². The molecule has 0 radical (unpaired) electrons. The highest BCUT2D eigenvalue weighted by atomic mass is 35.9. The molecule has 1 aromatic rings. The summed E-state index contributed by atoms with van der Waals surface area (Å²) >= 11 is 10.8. The Bertz CT molecular complexity index is 387. The van der Waals surface area contributed by atoms with Crippen molar-refractivity contribution in [2.75, 3.05) is 0 Å². The van der Waals surface area contributed by atoms with E-state index in [0.717, 1.165) is 24.0 Å². The van der Waals surface area contributed by atoms with Crippen LogP contribution in [0.1, 0.15) is 25.0 Å². The van der Waals surface area contributed by atoms with Crippen LogP contribution in [0, 0.1) is 0 Å². The number of halogens is 2. The Kier molecular flexibility index (Phi) is 4.51. The van der Waals surface area contributed by atoms with Gasteiger partial charge in [-0.25, -0.2) is 4.57 Å². The Balaban J connectivity index is 3.12. The fraction of sp³-hybridized carbons (Fsp3) is 0.400. The second kappa shape index (κ2) is 5.25. The summed E-state index contributed by atoms with van der Waals surface area (Å²) in [4.78, 5) is 0. The van der Waals surface area contributed by atoms with Crippen molar-refractivity contribution in [2.45, 2.75) is 26.7 Å². The first-order valence-corrected chi connectivity index (χ1v) is 8.21. The molecule has 2 nitrogen and oxygen atoms in total. The molecule has 0 saturated carbocycles. The predicted octanol–water partition coefficient (Wildman–Crippen LogP) is 4.78. The maximum absolute atomic E-state index is 11.2. The maximum Gasteiger partial charge on any atom is 0.428 e. The summed E-state index contributed by atoms with van der Waals surface area (Å²) in [6.45, 7) is 4.06. The van der Waals surface area contributed by atoms with Crippen molar-refractivity contribution in [3.8, 4) is 5.75 Å². The van der Waals surface area contributed by atoms with Crippen molar-refractivity contribution in [1.29, 1.82) is 0 Å². The molecule has 0 aliphatic rings. The zero-order valence-corrected chi connectivity index (χ0v) is 11.1. The van der Waals surface area contributed by atoms with Gasteiger partial charge in [0.1, 0.15) is 5.75 Å². The van der Waals surface area contributed by atoms with Gasteiger partial charge >= 0.3 is 6.07 Å².